The lowest BCUT2D eigenvalue weighted by molar-refractivity contribution is -0.128. The van der Waals surface area contributed by atoms with Crippen LogP contribution in [0.3, 0.4) is 0 Å². The fourth-order valence-electron chi connectivity index (χ4n) is 2.13. The molecule has 0 fully saturated rings. The second-order valence-electron chi connectivity index (χ2n) is 5.43. The highest BCUT2D eigenvalue weighted by atomic mass is 19.1. The van der Waals surface area contributed by atoms with E-state index in [1.54, 1.807) is 23.1 Å². The summed E-state index contributed by atoms with van der Waals surface area (Å²) < 4.78 is 12.9. The Kier molecular flexibility index (Phi) is 5.48. The molecular weight excluding hydrogens is 277 g/mol. The molecule has 0 saturated heterocycles. The van der Waals surface area contributed by atoms with E-state index >= 15 is 0 Å². The lowest BCUT2D eigenvalue weighted by Crippen LogP contribution is -2.35. The zero-order valence-corrected chi connectivity index (χ0v) is 12.9. The van der Waals surface area contributed by atoms with Gasteiger partial charge in [0.1, 0.15) is 5.82 Å². The SMILES string of the molecule is CC(C)N(Cc1ccccc1)C(=O)/C=C/c1ccc(F)cc1. The fraction of sp³-hybridized carbons (Fsp3) is 0.211. The minimum atomic E-state index is -0.281. The Labute approximate surface area is 130 Å². The summed E-state index contributed by atoms with van der Waals surface area (Å²) in [5.41, 5.74) is 1.90. The molecule has 2 aromatic carbocycles. The van der Waals surface area contributed by atoms with Gasteiger partial charge in [-0.1, -0.05) is 42.5 Å². The van der Waals surface area contributed by atoms with Gasteiger partial charge in [-0.15, -0.1) is 0 Å². The Morgan fingerprint density at radius 2 is 1.73 bits per heavy atom. The summed E-state index contributed by atoms with van der Waals surface area (Å²) in [6, 6.07) is 16.1. The molecule has 0 radical (unpaired) electrons. The van der Waals surface area contributed by atoms with Gasteiger partial charge >= 0.3 is 0 Å². The van der Waals surface area contributed by atoms with E-state index in [0.29, 0.717) is 6.54 Å². The molecule has 22 heavy (non-hydrogen) atoms. The molecule has 2 rings (SSSR count). The van der Waals surface area contributed by atoms with Gasteiger partial charge in [-0.25, -0.2) is 4.39 Å². The first-order chi connectivity index (χ1) is 10.6. The molecule has 0 N–H and O–H groups in total. The molecule has 0 aliphatic carbocycles. The predicted molar refractivity (Wildman–Crippen MR) is 87.6 cm³/mol. The van der Waals surface area contributed by atoms with Gasteiger partial charge in [0.2, 0.25) is 5.91 Å². The predicted octanol–water partition coefficient (Wildman–Crippen LogP) is 4.28. The van der Waals surface area contributed by atoms with Crippen LogP contribution in [0, 0.1) is 5.82 Å². The van der Waals surface area contributed by atoms with Crippen LogP contribution in [0.4, 0.5) is 4.39 Å². The zero-order valence-electron chi connectivity index (χ0n) is 12.9. The lowest BCUT2D eigenvalue weighted by atomic mass is 10.1. The minimum Gasteiger partial charge on any atom is -0.332 e. The van der Waals surface area contributed by atoms with E-state index in [1.807, 2.05) is 44.2 Å². The number of benzene rings is 2. The summed E-state index contributed by atoms with van der Waals surface area (Å²) in [5.74, 6) is -0.334. The molecule has 0 aromatic heterocycles. The summed E-state index contributed by atoms with van der Waals surface area (Å²) in [7, 11) is 0. The lowest BCUT2D eigenvalue weighted by Gasteiger charge is -2.25. The maximum atomic E-state index is 12.9. The molecule has 0 saturated carbocycles. The minimum absolute atomic E-state index is 0.0526. The van der Waals surface area contributed by atoms with E-state index in [2.05, 4.69) is 0 Å². The molecule has 1 amide bonds. The highest BCUT2D eigenvalue weighted by Gasteiger charge is 2.14. The molecule has 2 aromatic rings. The monoisotopic (exact) mass is 297 g/mol. The van der Waals surface area contributed by atoms with Gasteiger partial charge in [-0.05, 0) is 43.2 Å². The molecule has 114 valence electrons. The molecule has 0 unspecified atom stereocenters. The van der Waals surface area contributed by atoms with Crippen LogP contribution in [0.1, 0.15) is 25.0 Å². The Bertz CT molecular complexity index is 632. The van der Waals surface area contributed by atoms with Crippen molar-refractivity contribution >= 4 is 12.0 Å². The summed E-state index contributed by atoms with van der Waals surface area (Å²) in [6.07, 6.45) is 3.25. The van der Waals surface area contributed by atoms with Crippen molar-refractivity contribution in [3.8, 4) is 0 Å². The third-order valence-corrected chi connectivity index (χ3v) is 3.39. The first-order valence-electron chi connectivity index (χ1n) is 7.34. The second kappa shape index (κ2) is 7.55. The molecule has 0 heterocycles. The number of amides is 1. The summed E-state index contributed by atoms with van der Waals surface area (Å²) in [6.45, 7) is 4.56. The number of carbonyl (C=O) groups excluding carboxylic acids is 1. The van der Waals surface area contributed by atoms with E-state index in [1.165, 1.54) is 18.2 Å². The fourth-order valence-corrected chi connectivity index (χ4v) is 2.13. The van der Waals surface area contributed by atoms with Crippen LogP contribution in [-0.2, 0) is 11.3 Å². The Hall–Kier alpha value is -2.42. The molecule has 0 atom stereocenters. The first kappa shape index (κ1) is 16.0. The van der Waals surface area contributed by atoms with E-state index in [9.17, 15) is 9.18 Å². The van der Waals surface area contributed by atoms with Crippen molar-refractivity contribution in [2.24, 2.45) is 0 Å². The highest BCUT2D eigenvalue weighted by molar-refractivity contribution is 5.91. The molecule has 2 nitrogen and oxygen atoms in total. The Morgan fingerprint density at radius 1 is 1.09 bits per heavy atom. The van der Waals surface area contributed by atoms with E-state index in [0.717, 1.165) is 11.1 Å². The van der Waals surface area contributed by atoms with Gasteiger partial charge in [0.15, 0.2) is 0 Å². The van der Waals surface area contributed by atoms with Crippen molar-refractivity contribution in [1.82, 2.24) is 4.90 Å². The average Bonchev–Trinajstić information content (AvgIpc) is 2.52. The standard InChI is InChI=1S/C19H20FNO/c1-15(2)21(14-17-6-4-3-5-7-17)19(22)13-10-16-8-11-18(20)12-9-16/h3-13,15H,14H2,1-2H3/b13-10+. The smallest absolute Gasteiger partial charge is 0.247 e. The van der Waals surface area contributed by atoms with Gasteiger partial charge < -0.3 is 4.90 Å². The second-order valence-corrected chi connectivity index (χ2v) is 5.43. The number of carbonyl (C=O) groups is 1. The van der Waals surface area contributed by atoms with Crippen molar-refractivity contribution in [1.29, 1.82) is 0 Å². The zero-order chi connectivity index (χ0) is 15.9. The number of nitrogens with zero attached hydrogens (tertiary/aromatic N) is 1. The van der Waals surface area contributed by atoms with Gasteiger partial charge in [-0.3, -0.25) is 4.79 Å². The number of hydrogen-bond donors (Lipinski definition) is 0. The van der Waals surface area contributed by atoms with E-state index in [4.69, 9.17) is 0 Å². The van der Waals surface area contributed by atoms with Crippen LogP contribution in [0.15, 0.2) is 60.7 Å². The van der Waals surface area contributed by atoms with E-state index < -0.39 is 0 Å². The highest BCUT2D eigenvalue weighted by Crippen LogP contribution is 2.10. The molecule has 3 heteroatoms. The van der Waals surface area contributed by atoms with Crippen LogP contribution in [0.2, 0.25) is 0 Å². The molecule has 0 aliphatic heterocycles. The van der Waals surface area contributed by atoms with Gasteiger partial charge in [-0.2, -0.15) is 0 Å². The van der Waals surface area contributed by atoms with Crippen molar-refractivity contribution in [2.45, 2.75) is 26.4 Å². The van der Waals surface area contributed by atoms with Crippen LogP contribution < -0.4 is 0 Å². The van der Waals surface area contributed by atoms with Gasteiger partial charge in [0.05, 0.1) is 0 Å². The molecule has 0 spiro atoms. The maximum absolute atomic E-state index is 12.9. The number of hydrogen-bond acceptors (Lipinski definition) is 1. The molecule has 0 aliphatic rings. The normalized spacial score (nSPS) is 11.1. The third-order valence-electron chi connectivity index (χ3n) is 3.39. The number of rotatable bonds is 5. The summed E-state index contributed by atoms with van der Waals surface area (Å²) in [4.78, 5) is 14.2. The maximum Gasteiger partial charge on any atom is 0.247 e. The third kappa shape index (κ3) is 4.55. The average molecular weight is 297 g/mol. The van der Waals surface area contributed by atoms with Crippen molar-refractivity contribution in [3.05, 3.63) is 77.6 Å². The van der Waals surface area contributed by atoms with Gasteiger partial charge in [0, 0.05) is 18.7 Å². The van der Waals surface area contributed by atoms with Crippen LogP contribution >= 0.6 is 0 Å². The quantitative estimate of drug-likeness (QED) is 0.754. The Morgan fingerprint density at radius 3 is 2.32 bits per heavy atom. The van der Waals surface area contributed by atoms with E-state index in [-0.39, 0.29) is 17.8 Å². The molecular formula is C19H20FNO. The van der Waals surface area contributed by atoms with Gasteiger partial charge in [0.25, 0.3) is 0 Å². The number of halogens is 1. The summed E-state index contributed by atoms with van der Waals surface area (Å²) in [5, 5.41) is 0. The van der Waals surface area contributed by atoms with Crippen molar-refractivity contribution in [3.63, 3.8) is 0 Å². The topological polar surface area (TPSA) is 20.3 Å². The van der Waals surface area contributed by atoms with Crippen molar-refractivity contribution < 1.29 is 9.18 Å². The van der Waals surface area contributed by atoms with Crippen molar-refractivity contribution in [2.75, 3.05) is 0 Å². The van der Waals surface area contributed by atoms with Crippen LogP contribution in [0.25, 0.3) is 6.08 Å². The first-order valence-corrected chi connectivity index (χ1v) is 7.34. The van der Waals surface area contributed by atoms with Crippen LogP contribution in [0.5, 0.6) is 0 Å². The largest absolute Gasteiger partial charge is 0.332 e. The Balaban J connectivity index is 2.08. The molecule has 0 bridgehead atoms. The van der Waals surface area contributed by atoms with Crippen LogP contribution in [-0.4, -0.2) is 16.8 Å². The summed E-state index contributed by atoms with van der Waals surface area (Å²) >= 11 is 0.